The zero-order valence-corrected chi connectivity index (χ0v) is 19.1. The van der Waals surface area contributed by atoms with E-state index in [1.54, 1.807) is 6.20 Å². The van der Waals surface area contributed by atoms with Gasteiger partial charge in [-0.05, 0) is 54.3 Å². The summed E-state index contributed by atoms with van der Waals surface area (Å²) in [6.07, 6.45) is 3.08. The molecule has 5 rings (SSSR count). The van der Waals surface area contributed by atoms with Crippen molar-refractivity contribution in [3.8, 4) is 11.3 Å². The smallest absolute Gasteiger partial charge is 0.258 e. The average molecular weight is 448 g/mol. The van der Waals surface area contributed by atoms with Crippen molar-refractivity contribution in [1.29, 1.82) is 0 Å². The molecule has 0 fully saturated rings. The number of hydrogen-bond acceptors (Lipinski definition) is 4. The number of Topliss-reactive ketones (excluding diaryl/α,β-unsaturated/α-hetero) is 1. The molecule has 0 N–H and O–H groups in total. The van der Waals surface area contributed by atoms with Crippen LogP contribution in [0.5, 0.6) is 0 Å². The number of carbonyl (C=O) groups excluding carboxylic acids is 2. The second-order valence-corrected chi connectivity index (χ2v) is 8.60. The first-order chi connectivity index (χ1) is 16.6. The highest BCUT2D eigenvalue weighted by Gasteiger charge is 2.26. The number of nitrogens with zero attached hydrogens (tertiary/aromatic N) is 3. The summed E-state index contributed by atoms with van der Waals surface area (Å²) in [5.74, 6) is 0.642. The molecule has 0 saturated heterocycles. The summed E-state index contributed by atoms with van der Waals surface area (Å²) in [6, 6.07) is 25.3. The highest BCUT2D eigenvalue weighted by Crippen LogP contribution is 2.33. The fourth-order valence-electron chi connectivity index (χ4n) is 4.44. The number of benzene rings is 3. The molecule has 0 aliphatic carbocycles. The Morgan fingerprint density at radius 1 is 0.912 bits per heavy atom. The number of hydrogen-bond donors (Lipinski definition) is 0. The first-order valence-electron chi connectivity index (χ1n) is 11.5. The van der Waals surface area contributed by atoms with Gasteiger partial charge in [0.1, 0.15) is 11.6 Å². The summed E-state index contributed by atoms with van der Waals surface area (Å²) in [5, 5.41) is 0. The maximum absolute atomic E-state index is 13.1. The molecule has 4 aromatic rings. The van der Waals surface area contributed by atoms with Crippen LogP contribution in [-0.4, -0.2) is 28.2 Å². The molecule has 3 aromatic carbocycles. The molecular weight excluding hydrogens is 422 g/mol. The van der Waals surface area contributed by atoms with Gasteiger partial charge in [0, 0.05) is 36.0 Å². The Hall–Kier alpha value is -4.12. The zero-order chi connectivity index (χ0) is 23.5. The number of carbonyl (C=O) groups is 2. The van der Waals surface area contributed by atoms with E-state index < -0.39 is 0 Å². The number of amides is 1. The fourth-order valence-corrected chi connectivity index (χ4v) is 4.44. The third kappa shape index (κ3) is 4.50. The Morgan fingerprint density at radius 3 is 2.53 bits per heavy atom. The predicted octanol–water partition coefficient (Wildman–Crippen LogP) is 5.01. The quantitative estimate of drug-likeness (QED) is 0.417. The minimum atomic E-state index is 0.0332. The van der Waals surface area contributed by atoms with Crippen LogP contribution < -0.4 is 4.90 Å². The number of fused-ring (bicyclic) bond motifs is 1. The Morgan fingerprint density at radius 2 is 1.71 bits per heavy atom. The number of ketones is 1. The molecule has 0 bridgehead atoms. The van der Waals surface area contributed by atoms with Gasteiger partial charge in [-0.15, -0.1) is 0 Å². The molecule has 0 radical (unpaired) electrons. The number of aromatic nitrogens is 2. The van der Waals surface area contributed by atoms with Crippen LogP contribution in [0.1, 0.15) is 32.9 Å². The van der Waals surface area contributed by atoms with Gasteiger partial charge in [0.05, 0.1) is 12.1 Å². The van der Waals surface area contributed by atoms with Gasteiger partial charge in [-0.2, -0.15) is 0 Å². The lowest BCUT2D eigenvalue weighted by molar-refractivity contribution is -0.117. The van der Waals surface area contributed by atoms with Crippen LogP contribution in [0.3, 0.4) is 0 Å². The Labute approximate surface area is 199 Å². The highest BCUT2D eigenvalue weighted by molar-refractivity contribution is 6.08. The zero-order valence-electron chi connectivity index (χ0n) is 19.1. The van der Waals surface area contributed by atoms with E-state index in [4.69, 9.17) is 0 Å². The maximum atomic E-state index is 13.1. The monoisotopic (exact) mass is 447 g/mol. The molecule has 5 heteroatoms. The van der Waals surface area contributed by atoms with Crippen molar-refractivity contribution < 1.29 is 9.59 Å². The first-order valence-corrected chi connectivity index (χ1v) is 11.5. The van der Waals surface area contributed by atoms with Crippen LogP contribution in [0.25, 0.3) is 11.3 Å². The van der Waals surface area contributed by atoms with Gasteiger partial charge in [-0.3, -0.25) is 9.59 Å². The van der Waals surface area contributed by atoms with Gasteiger partial charge in [0.25, 0.3) is 5.91 Å². The second-order valence-electron chi connectivity index (χ2n) is 8.60. The van der Waals surface area contributed by atoms with E-state index in [0.29, 0.717) is 18.8 Å². The van der Waals surface area contributed by atoms with E-state index in [1.807, 2.05) is 84.6 Å². The summed E-state index contributed by atoms with van der Waals surface area (Å²) >= 11 is 0. The van der Waals surface area contributed by atoms with Crippen molar-refractivity contribution in [2.24, 2.45) is 0 Å². The standard InChI is InChI=1S/C29H25N3O2/c1-20-7-5-6-10-25(20)29(34)32-16-14-23-18-22(11-12-27(23)32)26-13-15-30-28(31-26)19-24(33)17-21-8-3-2-4-9-21/h2-13,15,18H,14,16-17,19H2,1H3. The van der Waals surface area contributed by atoms with E-state index in [0.717, 1.165) is 45.6 Å². The summed E-state index contributed by atoms with van der Waals surface area (Å²) in [4.78, 5) is 36.5. The molecule has 1 aliphatic rings. The van der Waals surface area contributed by atoms with Crippen molar-refractivity contribution >= 4 is 17.4 Å². The van der Waals surface area contributed by atoms with E-state index in [9.17, 15) is 9.59 Å². The van der Waals surface area contributed by atoms with Crippen molar-refractivity contribution in [3.05, 3.63) is 113 Å². The van der Waals surface area contributed by atoms with Crippen LogP contribution in [0.15, 0.2) is 85.1 Å². The van der Waals surface area contributed by atoms with Gasteiger partial charge in [-0.25, -0.2) is 9.97 Å². The van der Waals surface area contributed by atoms with Crippen molar-refractivity contribution in [3.63, 3.8) is 0 Å². The van der Waals surface area contributed by atoms with Gasteiger partial charge >= 0.3 is 0 Å². The minimum absolute atomic E-state index is 0.0332. The van der Waals surface area contributed by atoms with Crippen molar-refractivity contribution in [2.45, 2.75) is 26.2 Å². The second kappa shape index (κ2) is 9.40. The normalized spacial score (nSPS) is 12.4. The molecule has 1 amide bonds. The average Bonchev–Trinajstić information content (AvgIpc) is 3.28. The van der Waals surface area contributed by atoms with Gasteiger partial charge in [0.2, 0.25) is 0 Å². The SMILES string of the molecule is Cc1ccccc1C(=O)N1CCc2cc(-c3ccnc(CC(=O)Cc4ccccc4)n3)ccc21. The Balaban J connectivity index is 1.33. The lowest BCUT2D eigenvalue weighted by Crippen LogP contribution is -2.29. The topological polar surface area (TPSA) is 63.2 Å². The molecular formula is C29H25N3O2. The first kappa shape index (κ1) is 21.7. The molecule has 2 heterocycles. The molecule has 0 atom stereocenters. The molecule has 0 saturated carbocycles. The lowest BCUT2D eigenvalue weighted by atomic mass is 10.0. The molecule has 1 aliphatic heterocycles. The fraction of sp³-hybridized carbons (Fsp3) is 0.172. The molecule has 0 unspecified atom stereocenters. The molecule has 1 aromatic heterocycles. The third-order valence-corrected chi connectivity index (χ3v) is 6.20. The molecule has 5 nitrogen and oxygen atoms in total. The summed E-state index contributed by atoms with van der Waals surface area (Å²) in [5.41, 5.74) is 6.52. The third-order valence-electron chi connectivity index (χ3n) is 6.20. The predicted molar refractivity (Wildman–Crippen MR) is 133 cm³/mol. The van der Waals surface area contributed by atoms with Gasteiger partial charge in [0.15, 0.2) is 0 Å². The summed E-state index contributed by atoms with van der Waals surface area (Å²) in [7, 11) is 0. The van der Waals surface area contributed by atoms with Crippen LogP contribution in [0.2, 0.25) is 0 Å². The van der Waals surface area contributed by atoms with Crippen molar-refractivity contribution in [2.75, 3.05) is 11.4 Å². The van der Waals surface area contributed by atoms with E-state index in [-0.39, 0.29) is 18.1 Å². The van der Waals surface area contributed by atoms with Crippen LogP contribution in [0, 0.1) is 6.92 Å². The maximum Gasteiger partial charge on any atom is 0.258 e. The number of aryl methyl sites for hydroxylation is 1. The van der Waals surface area contributed by atoms with E-state index >= 15 is 0 Å². The Kier molecular flexibility index (Phi) is 6.00. The van der Waals surface area contributed by atoms with Crippen LogP contribution in [-0.2, 0) is 24.1 Å². The van der Waals surface area contributed by atoms with E-state index in [2.05, 4.69) is 16.0 Å². The largest absolute Gasteiger partial charge is 0.308 e. The molecule has 0 spiro atoms. The molecule has 34 heavy (non-hydrogen) atoms. The summed E-state index contributed by atoms with van der Waals surface area (Å²) < 4.78 is 0. The number of rotatable bonds is 6. The lowest BCUT2D eigenvalue weighted by Gasteiger charge is -2.19. The summed E-state index contributed by atoms with van der Waals surface area (Å²) in [6.45, 7) is 2.62. The van der Waals surface area contributed by atoms with Crippen LogP contribution >= 0.6 is 0 Å². The van der Waals surface area contributed by atoms with Crippen molar-refractivity contribution in [1.82, 2.24) is 9.97 Å². The highest BCUT2D eigenvalue weighted by atomic mass is 16.2. The molecule has 168 valence electrons. The van der Waals surface area contributed by atoms with E-state index in [1.165, 1.54) is 0 Å². The van der Waals surface area contributed by atoms with Gasteiger partial charge < -0.3 is 4.90 Å². The minimum Gasteiger partial charge on any atom is -0.308 e. The number of anilines is 1. The van der Waals surface area contributed by atoms with Gasteiger partial charge in [-0.1, -0.05) is 54.6 Å². The Bertz CT molecular complexity index is 1360. The van der Waals surface area contributed by atoms with Crippen LogP contribution in [0.4, 0.5) is 5.69 Å².